The van der Waals surface area contributed by atoms with E-state index in [1.54, 1.807) is 36.4 Å². The number of nitrogens with two attached hydrogens (primary N) is 1. The number of hydrogen-bond acceptors (Lipinski definition) is 3. The van der Waals surface area contributed by atoms with Crippen LogP contribution in [-0.2, 0) is 0 Å². The van der Waals surface area contributed by atoms with Gasteiger partial charge in [-0.05, 0) is 24.3 Å². The molecule has 0 spiro atoms. The van der Waals surface area contributed by atoms with E-state index in [1.807, 2.05) is 12.1 Å². The van der Waals surface area contributed by atoms with Crippen LogP contribution in [0.25, 0.3) is 10.9 Å². The van der Waals surface area contributed by atoms with Gasteiger partial charge in [0.2, 0.25) is 11.9 Å². The lowest BCUT2D eigenvalue weighted by Crippen LogP contribution is -2.22. The van der Waals surface area contributed by atoms with Gasteiger partial charge in [-0.15, -0.1) is 0 Å². The van der Waals surface area contributed by atoms with Crippen LogP contribution >= 0.6 is 11.6 Å². The second-order valence-electron chi connectivity index (χ2n) is 4.51. The van der Waals surface area contributed by atoms with E-state index in [4.69, 9.17) is 17.3 Å². The molecule has 1 heterocycles. The highest BCUT2D eigenvalue weighted by atomic mass is 35.5. The summed E-state index contributed by atoms with van der Waals surface area (Å²) in [6.45, 7) is 0. The Labute approximate surface area is 130 Å². The fraction of sp³-hybridized carbons (Fsp3) is 0. The molecular weight excluding hydrogens is 302 g/mol. The molecule has 0 saturated heterocycles. The number of aromatic amines is 1. The van der Waals surface area contributed by atoms with Crippen LogP contribution in [0.1, 0.15) is 0 Å². The molecule has 0 aliphatic carbocycles. The van der Waals surface area contributed by atoms with Gasteiger partial charge in [0, 0.05) is 0 Å². The highest BCUT2D eigenvalue weighted by Crippen LogP contribution is 2.20. The summed E-state index contributed by atoms with van der Waals surface area (Å²) in [5.41, 5.74) is 6.72. The smallest absolute Gasteiger partial charge is 0.260 e. The summed E-state index contributed by atoms with van der Waals surface area (Å²) in [5, 5.41) is 3.87. The molecule has 0 radical (unpaired) electrons. The summed E-state index contributed by atoms with van der Waals surface area (Å²) in [4.78, 5) is 22.8. The Morgan fingerprint density at radius 3 is 2.73 bits per heavy atom. The van der Waals surface area contributed by atoms with Crippen LogP contribution in [0.5, 0.6) is 0 Å². The Morgan fingerprint density at radius 2 is 1.91 bits per heavy atom. The zero-order valence-electron chi connectivity index (χ0n) is 11.4. The number of benzene rings is 2. The number of nitrogens with zero attached hydrogens (tertiary/aromatic N) is 2. The zero-order valence-corrected chi connectivity index (χ0v) is 12.1. The first kappa shape index (κ1) is 14.1. The standard InChI is InChI=1S/C15H12ClN5O/c16-10-6-2-4-8-12(10)18-14(17)21-15-19-11-7-3-1-5-9(11)13(22)20-15/h1-8H,(H4,17,18,19,20,21,22). The van der Waals surface area contributed by atoms with E-state index in [-0.39, 0.29) is 17.5 Å². The van der Waals surface area contributed by atoms with E-state index in [0.29, 0.717) is 21.6 Å². The molecule has 3 aromatic rings. The molecule has 4 N–H and O–H groups in total. The van der Waals surface area contributed by atoms with Crippen LogP contribution in [0.3, 0.4) is 0 Å². The quantitative estimate of drug-likeness (QED) is 0.500. The summed E-state index contributed by atoms with van der Waals surface area (Å²) in [7, 11) is 0. The molecule has 0 aliphatic heterocycles. The van der Waals surface area contributed by atoms with Crippen molar-refractivity contribution in [2.24, 2.45) is 10.7 Å². The van der Waals surface area contributed by atoms with Crippen molar-refractivity contribution in [1.82, 2.24) is 9.97 Å². The Bertz CT molecular complexity index is 919. The van der Waals surface area contributed by atoms with Crippen molar-refractivity contribution < 1.29 is 0 Å². The average Bonchev–Trinajstić information content (AvgIpc) is 2.49. The molecule has 1 aromatic heterocycles. The van der Waals surface area contributed by atoms with Gasteiger partial charge in [-0.3, -0.25) is 9.78 Å². The lowest BCUT2D eigenvalue weighted by molar-refractivity contribution is 1.13. The summed E-state index contributed by atoms with van der Waals surface area (Å²) in [6, 6.07) is 14.1. The summed E-state index contributed by atoms with van der Waals surface area (Å²) in [6.07, 6.45) is 0. The van der Waals surface area contributed by atoms with Crippen molar-refractivity contribution in [3.63, 3.8) is 0 Å². The van der Waals surface area contributed by atoms with Gasteiger partial charge in [0.05, 0.1) is 21.6 Å². The molecule has 3 rings (SSSR count). The molecule has 0 unspecified atom stereocenters. The number of aliphatic imine (C=N–C) groups is 1. The number of halogens is 1. The van der Waals surface area contributed by atoms with Crippen LogP contribution in [0.2, 0.25) is 5.02 Å². The van der Waals surface area contributed by atoms with Gasteiger partial charge < -0.3 is 11.1 Å². The lowest BCUT2D eigenvalue weighted by atomic mass is 10.2. The second-order valence-corrected chi connectivity index (χ2v) is 4.92. The minimum atomic E-state index is -0.269. The van der Waals surface area contributed by atoms with E-state index in [9.17, 15) is 4.79 Å². The number of anilines is 1. The third-order valence-corrected chi connectivity index (χ3v) is 3.29. The van der Waals surface area contributed by atoms with Gasteiger partial charge >= 0.3 is 0 Å². The lowest BCUT2D eigenvalue weighted by Gasteiger charge is -2.06. The first-order chi connectivity index (χ1) is 10.6. The maximum Gasteiger partial charge on any atom is 0.260 e. The van der Waals surface area contributed by atoms with E-state index in [1.165, 1.54) is 0 Å². The topological polar surface area (TPSA) is 96.2 Å². The zero-order chi connectivity index (χ0) is 15.5. The van der Waals surface area contributed by atoms with E-state index < -0.39 is 0 Å². The molecule has 2 aromatic carbocycles. The molecule has 0 atom stereocenters. The Morgan fingerprint density at radius 1 is 1.18 bits per heavy atom. The van der Waals surface area contributed by atoms with Gasteiger partial charge in [-0.1, -0.05) is 35.9 Å². The molecule has 6 nitrogen and oxygen atoms in total. The Kier molecular flexibility index (Phi) is 3.76. The fourth-order valence-corrected chi connectivity index (χ4v) is 2.15. The minimum Gasteiger partial charge on any atom is -0.369 e. The number of fused-ring (bicyclic) bond motifs is 1. The number of guanidine groups is 1. The van der Waals surface area contributed by atoms with Crippen molar-refractivity contribution in [2.75, 3.05) is 5.32 Å². The fourth-order valence-electron chi connectivity index (χ4n) is 1.97. The predicted octanol–water partition coefficient (Wildman–Crippen LogP) is 2.63. The van der Waals surface area contributed by atoms with Gasteiger partial charge in [0.15, 0.2) is 0 Å². The Balaban J connectivity index is 1.94. The van der Waals surface area contributed by atoms with Gasteiger partial charge in [0.25, 0.3) is 5.56 Å². The summed E-state index contributed by atoms with van der Waals surface area (Å²) < 4.78 is 0. The first-order valence-electron chi connectivity index (χ1n) is 6.48. The van der Waals surface area contributed by atoms with Crippen LogP contribution in [-0.4, -0.2) is 15.9 Å². The predicted molar refractivity (Wildman–Crippen MR) is 88.7 cm³/mol. The van der Waals surface area contributed by atoms with E-state index in [2.05, 4.69) is 20.3 Å². The number of nitrogens with one attached hydrogen (secondary N) is 2. The minimum absolute atomic E-state index is 0.0755. The maximum absolute atomic E-state index is 11.9. The average molecular weight is 314 g/mol. The van der Waals surface area contributed by atoms with Gasteiger partial charge in [-0.25, -0.2) is 4.98 Å². The molecule has 0 aliphatic rings. The SMILES string of the molecule is N/C(=N\c1nc2ccccc2c(=O)[nH]1)Nc1ccccc1Cl. The third kappa shape index (κ3) is 2.91. The maximum atomic E-state index is 11.9. The number of hydrogen-bond donors (Lipinski definition) is 3. The summed E-state index contributed by atoms with van der Waals surface area (Å²) in [5.74, 6) is 0.201. The first-order valence-corrected chi connectivity index (χ1v) is 6.86. The molecule has 22 heavy (non-hydrogen) atoms. The van der Waals surface area contributed by atoms with Crippen molar-refractivity contribution in [1.29, 1.82) is 0 Å². The molecule has 110 valence electrons. The molecule has 0 fully saturated rings. The van der Waals surface area contributed by atoms with Crippen LogP contribution in [0.15, 0.2) is 58.3 Å². The monoisotopic (exact) mass is 313 g/mol. The highest BCUT2D eigenvalue weighted by molar-refractivity contribution is 6.33. The van der Waals surface area contributed by atoms with E-state index >= 15 is 0 Å². The summed E-state index contributed by atoms with van der Waals surface area (Å²) >= 11 is 6.03. The van der Waals surface area contributed by atoms with Crippen molar-refractivity contribution >= 4 is 40.1 Å². The highest BCUT2D eigenvalue weighted by Gasteiger charge is 2.04. The molecule has 0 amide bonds. The number of para-hydroxylation sites is 2. The molecule has 7 heteroatoms. The van der Waals surface area contributed by atoms with E-state index in [0.717, 1.165) is 0 Å². The molecular formula is C15H12ClN5O. The largest absolute Gasteiger partial charge is 0.369 e. The Hall–Kier alpha value is -2.86. The number of rotatable bonds is 2. The second kappa shape index (κ2) is 5.87. The van der Waals surface area contributed by atoms with Gasteiger partial charge in [0.1, 0.15) is 0 Å². The van der Waals surface area contributed by atoms with Crippen LogP contribution in [0.4, 0.5) is 11.6 Å². The van der Waals surface area contributed by atoms with Crippen LogP contribution in [0, 0.1) is 0 Å². The molecule has 0 saturated carbocycles. The van der Waals surface area contributed by atoms with Crippen LogP contribution < -0.4 is 16.6 Å². The number of H-pyrrole nitrogens is 1. The van der Waals surface area contributed by atoms with Crippen molar-refractivity contribution in [3.05, 3.63) is 63.9 Å². The van der Waals surface area contributed by atoms with Gasteiger partial charge in [-0.2, -0.15) is 4.99 Å². The molecule has 0 bridgehead atoms. The van der Waals surface area contributed by atoms with Crippen molar-refractivity contribution in [2.45, 2.75) is 0 Å². The number of aromatic nitrogens is 2. The third-order valence-electron chi connectivity index (χ3n) is 2.96. The van der Waals surface area contributed by atoms with Crippen molar-refractivity contribution in [3.8, 4) is 0 Å². The normalized spacial score (nSPS) is 11.6.